The molecule has 0 radical (unpaired) electrons. The van der Waals surface area contributed by atoms with Gasteiger partial charge in [0.2, 0.25) is 5.91 Å². The van der Waals surface area contributed by atoms with Crippen LogP contribution in [0.15, 0.2) is 36.4 Å². The molecule has 3 nitrogen and oxygen atoms in total. The lowest BCUT2D eigenvalue weighted by atomic mass is 10.0. The van der Waals surface area contributed by atoms with Crippen LogP contribution in [0, 0.1) is 17.4 Å². The number of hydrogen-bond donors (Lipinski definition) is 1. The predicted octanol–water partition coefficient (Wildman–Crippen LogP) is 4.88. The molecule has 2 rings (SSSR count). The monoisotopic (exact) mass is 423 g/mol. The van der Waals surface area contributed by atoms with Crippen LogP contribution in [0.1, 0.15) is 29.5 Å². The van der Waals surface area contributed by atoms with Gasteiger partial charge in [0, 0.05) is 15.7 Å². The third-order valence-electron chi connectivity index (χ3n) is 3.79. The fourth-order valence-electron chi connectivity index (χ4n) is 2.53. The molecule has 0 fully saturated rings. The highest BCUT2D eigenvalue weighted by molar-refractivity contribution is 14.1. The summed E-state index contributed by atoms with van der Waals surface area (Å²) in [6, 6.07) is 12.2. The van der Waals surface area contributed by atoms with Gasteiger partial charge >= 0.3 is 0 Å². The summed E-state index contributed by atoms with van der Waals surface area (Å²) in [5.41, 5.74) is 4.36. The number of aryl methyl sites for hydroxylation is 3. The summed E-state index contributed by atoms with van der Waals surface area (Å²) >= 11 is 2.27. The zero-order valence-corrected chi connectivity index (χ0v) is 15.9. The van der Waals surface area contributed by atoms with Crippen LogP contribution >= 0.6 is 22.6 Å². The second kappa shape index (κ2) is 8.34. The largest absolute Gasteiger partial charge is 0.496 e. The van der Waals surface area contributed by atoms with Crippen LogP contribution in [-0.4, -0.2) is 13.0 Å². The molecule has 23 heavy (non-hydrogen) atoms. The molecule has 0 saturated heterocycles. The van der Waals surface area contributed by atoms with E-state index in [4.69, 9.17) is 4.74 Å². The van der Waals surface area contributed by atoms with Gasteiger partial charge in [-0.2, -0.15) is 0 Å². The van der Waals surface area contributed by atoms with E-state index in [1.54, 1.807) is 7.11 Å². The van der Waals surface area contributed by atoms with E-state index in [0.29, 0.717) is 6.42 Å². The van der Waals surface area contributed by atoms with Gasteiger partial charge in [0.05, 0.1) is 7.11 Å². The average molecular weight is 423 g/mol. The molecule has 1 N–H and O–H groups in total. The Kier molecular flexibility index (Phi) is 6.45. The fraction of sp³-hybridized carbons (Fsp3) is 0.316. The van der Waals surface area contributed by atoms with Gasteiger partial charge in [-0.3, -0.25) is 4.79 Å². The summed E-state index contributed by atoms with van der Waals surface area (Å²) < 4.78 is 6.44. The highest BCUT2D eigenvalue weighted by Gasteiger charge is 2.06. The number of benzene rings is 2. The van der Waals surface area contributed by atoms with Crippen molar-refractivity contribution in [2.24, 2.45) is 0 Å². The predicted molar refractivity (Wildman–Crippen MR) is 103 cm³/mol. The molecule has 0 aliphatic carbocycles. The molecule has 0 spiro atoms. The Morgan fingerprint density at radius 1 is 1.13 bits per heavy atom. The SMILES string of the molecule is COc1ccc(CCCC(=O)Nc2ccc(I)cc2C)cc1C. The van der Waals surface area contributed by atoms with E-state index in [0.717, 1.165) is 35.4 Å². The topological polar surface area (TPSA) is 38.3 Å². The number of carbonyl (C=O) groups is 1. The number of halogens is 1. The minimum absolute atomic E-state index is 0.0690. The summed E-state index contributed by atoms with van der Waals surface area (Å²) in [6.45, 7) is 4.05. The van der Waals surface area contributed by atoms with Crippen LogP contribution in [0.2, 0.25) is 0 Å². The minimum Gasteiger partial charge on any atom is -0.496 e. The van der Waals surface area contributed by atoms with Gasteiger partial charge in [0.15, 0.2) is 0 Å². The highest BCUT2D eigenvalue weighted by Crippen LogP contribution is 2.20. The molecule has 1 amide bonds. The number of carbonyl (C=O) groups excluding carboxylic acids is 1. The Hall–Kier alpha value is -1.56. The van der Waals surface area contributed by atoms with E-state index in [-0.39, 0.29) is 5.91 Å². The molecule has 2 aromatic rings. The lowest BCUT2D eigenvalue weighted by molar-refractivity contribution is -0.116. The summed E-state index contributed by atoms with van der Waals surface area (Å²) in [7, 11) is 1.68. The first kappa shape index (κ1) is 17.8. The maximum Gasteiger partial charge on any atom is 0.224 e. The normalized spacial score (nSPS) is 10.4. The summed E-state index contributed by atoms with van der Waals surface area (Å²) in [5.74, 6) is 0.972. The van der Waals surface area contributed by atoms with E-state index >= 15 is 0 Å². The molecule has 0 atom stereocenters. The molecule has 4 heteroatoms. The van der Waals surface area contributed by atoms with Crippen molar-refractivity contribution in [2.75, 3.05) is 12.4 Å². The van der Waals surface area contributed by atoms with Crippen molar-refractivity contribution in [3.63, 3.8) is 0 Å². The van der Waals surface area contributed by atoms with Crippen molar-refractivity contribution in [1.82, 2.24) is 0 Å². The van der Waals surface area contributed by atoms with Gasteiger partial charge in [-0.05, 0) is 90.2 Å². The van der Waals surface area contributed by atoms with E-state index in [9.17, 15) is 4.79 Å². The van der Waals surface area contributed by atoms with Crippen LogP contribution in [0.4, 0.5) is 5.69 Å². The van der Waals surface area contributed by atoms with Gasteiger partial charge in [-0.1, -0.05) is 12.1 Å². The van der Waals surface area contributed by atoms with Crippen molar-refractivity contribution >= 4 is 34.2 Å². The van der Waals surface area contributed by atoms with Gasteiger partial charge < -0.3 is 10.1 Å². The first-order valence-corrected chi connectivity index (χ1v) is 8.77. The smallest absolute Gasteiger partial charge is 0.224 e. The Balaban J connectivity index is 1.84. The minimum atomic E-state index is 0.0690. The van der Waals surface area contributed by atoms with Crippen molar-refractivity contribution in [3.05, 3.63) is 56.7 Å². The van der Waals surface area contributed by atoms with Crippen LogP contribution in [0.3, 0.4) is 0 Å². The second-order valence-electron chi connectivity index (χ2n) is 5.66. The molecule has 0 aliphatic heterocycles. The lowest BCUT2D eigenvalue weighted by Gasteiger charge is -2.09. The van der Waals surface area contributed by atoms with Crippen LogP contribution < -0.4 is 10.1 Å². The van der Waals surface area contributed by atoms with E-state index in [1.807, 2.05) is 32.0 Å². The molecule has 122 valence electrons. The van der Waals surface area contributed by atoms with Crippen LogP contribution in [0.5, 0.6) is 5.75 Å². The lowest BCUT2D eigenvalue weighted by Crippen LogP contribution is -2.12. The van der Waals surface area contributed by atoms with Crippen molar-refractivity contribution < 1.29 is 9.53 Å². The van der Waals surface area contributed by atoms with Crippen molar-refractivity contribution in [3.8, 4) is 5.75 Å². The number of hydrogen-bond acceptors (Lipinski definition) is 2. The quantitative estimate of drug-likeness (QED) is 0.673. The second-order valence-corrected chi connectivity index (χ2v) is 6.91. The highest BCUT2D eigenvalue weighted by atomic mass is 127. The number of anilines is 1. The van der Waals surface area contributed by atoms with Gasteiger partial charge in [0.1, 0.15) is 5.75 Å². The summed E-state index contributed by atoms with van der Waals surface area (Å²) in [4.78, 5) is 12.1. The average Bonchev–Trinajstić information content (AvgIpc) is 2.50. The first-order valence-electron chi connectivity index (χ1n) is 7.69. The number of rotatable bonds is 6. The Morgan fingerprint density at radius 2 is 1.91 bits per heavy atom. The van der Waals surface area contributed by atoms with Crippen LogP contribution in [-0.2, 0) is 11.2 Å². The summed E-state index contributed by atoms with van der Waals surface area (Å²) in [6.07, 6.45) is 2.25. The fourth-order valence-corrected chi connectivity index (χ4v) is 3.18. The molecule has 2 aromatic carbocycles. The van der Waals surface area contributed by atoms with Gasteiger partial charge in [0.25, 0.3) is 0 Å². The van der Waals surface area contributed by atoms with E-state index in [1.165, 1.54) is 9.13 Å². The summed E-state index contributed by atoms with van der Waals surface area (Å²) in [5, 5.41) is 2.99. The zero-order valence-electron chi connectivity index (χ0n) is 13.8. The molecular formula is C19H22INO2. The molecule has 0 aromatic heterocycles. The maximum absolute atomic E-state index is 12.1. The van der Waals surface area contributed by atoms with Gasteiger partial charge in [-0.15, -0.1) is 0 Å². The third kappa shape index (κ3) is 5.23. The molecule has 0 saturated carbocycles. The number of ether oxygens (including phenoxy) is 1. The molecule has 0 aliphatic rings. The van der Waals surface area contributed by atoms with Crippen molar-refractivity contribution in [2.45, 2.75) is 33.1 Å². The molecular weight excluding hydrogens is 401 g/mol. The van der Waals surface area contributed by atoms with E-state index in [2.05, 4.69) is 46.1 Å². The standard InChI is InChI=1S/C19H22INO2/c1-13-12-16(20)8-9-17(13)21-19(22)6-4-5-15-7-10-18(23-3)14(2)11-15/h7-12H,4-6H2,1-3H3,(H,21,22). The van der Waals surface area contributed by atoms with Crippen LogP contribution in [0.25, 0.3) is 0 Å². The maximum atomic E-state index is 12.1. The Morgan fingerprint density at radius 3 is 2.57 bits per heavy atom. The number of nitrogens with one attached hydrogen (secondary N) is 1. The third-order valence-corrected chi connectivity index (χ3v) is 4.46. The zero-order chi connectivity index (χ0) is 16.8. The van der Waals surface area contributed by atoms with E-state index < -0.39 is 0 Å². The molecule has 0 unspecified atom stereocenters. The Bertz CT molecular complexity index is 698. The van der Waals surface area contributed by atoms with Gasteiger partial charge in [-0.25, -0.2) is 0 Å². The Labute approximate surface area is 151 Å². The number of methoxy groups -OCH3 is 1. The van der Waals surface area contributed by atoms with Crippen molar-refractivity contribution in [1.29, 1.82) is 0 Å². The molecule has 0 bridgehead atoms. The number of amides is 1. The first-order chi connectivity index (χ1) is 11.0. The molecule has 0 heterocycles.